The predicted octanol–water partition coefficient (Wildman–Crippen LogP) is 4.32. The molecule has 0 saturated carbocycles. The lowest BCUT2D eigenvalue weighted by Gasteiger charge is -2.17. The fourth-order valence-corrected chi connectivity index (χ4v) is 3.94. The fourth-order valence-electron chi connectivity index (χ4n) is 2.68. The molecule has 0 atom stereocenters. The second-order valence-electron chi connectivity index (χ2n) is 7.13. The topological polar surface area (TPSA) is 97.4 Å². The summed E-state index contributed by atoms with van der Waals surface area (Å²) in [6.07, 6.45) is 3.29. The van der Waals surface area contributed by atoms with Crippen molar-refractivity contribution in [2.24, 2.45) is 0 Å². The highest BCUT2D eigenvalue weighted by Crippen LogP contribution is 2.26. The number of nitrogens with zero attached hydrogens (tertiary/aromatic N) is 1. The van der Waals surface area contributed by atoms with Gasteiger partial charge in [-0.05, 0) is 60.2 Å². The summed E-state index contributed by atoms with van der Waals surface area (Å²) in [5, 5.41) is 5.34. The van der Waals surface area contributed by atoms with Crippen molar-refractivity contribution in [2.45, 2.75) is 36.0 Å². The number of aromatic nitrogens is 1. The van der Waals surface area contributed by atoms with Gasteiger partial charge in [0.25, 0.3) is 0 Å². The number of alkyl halides is 1. The number of urea groups is 1. The summed E-state index contributed by atoms with van der Waals surface area (Å²) >= 11 is 0. The van der Waals surface area contributed by atoms with Crippen LogP contribution in [0, 0.1) is 0 Å². The maximum Gasteiger partial charge on any atom is 0.319 e. The molecule has 2 amide bonds. The van der Waals surface area contributed by atoms with Crippen LogP contribution in [0.15, 0.2) is 82.8 Å². The molecule has 0 bridgehead atoms. The molecular formula is C22H22FN3O4S. The first-order chi connectivity index (χ1) is 14.6. The molecule has 0 aliphatic heterocycles. The second-order valence-corrected chi connectivity index (χ2v) is 9.08. The molecule has 0 aliphatic rings. The summed E-state index contributed by atoms with van der Waals surface area (Å²) in [5.74, 6) is -1.64. The van der Waals surface area contributed by atoms with Crippen LogP contribution in [0.1, 0.15) is 19.4 Å². The normalized spacial score (nSPS) is 11.6. The Labute approximate surface area is 180 Å². The van der Waals surface area contributed by atoms with Crippen LogP contribution in [0.2, 0.25) is 0 Å². The minimum Gasteiger partial charge on any atom is -0.459 e. The van der Waals surface area contributed by atoms with E-state index in [1.54, 1.807) is 18.5 Å². The maximum atomic E-state index is 13.6. The molecule has 0 spiro atoms. The Morgan fingerprint density at radius 3 is 2.19 bits per heavy atom. The van der Waals surface area contributed by atoms with E-state index in [4.69, 9.17) is 4.74 Å². The van der Waals surface area contributed by atoms with E-state index >= 15 is 0 Å². The first-order valence-electron chi connectivity index (χ1n) is 9.40. The Balaban J connectivity index is 1.63. The van der Waals surface area contributed by atoms with Gasteiger partial charge in [-0.25, -0.2) is 13.2 Å². The van der Waals surface area contributed by atoms with Crippen molar-refractivity contribution in [3.05, 3.63) is 78.6 Å². The zero-order valence-electron chi connectivity index (χ0n) is 17.0. The average Bonchev–Trinajstić information content (AvgIpc) is 2.73. The van der Waals surface area contributed by atoms with Crippen LogP contribution in [-0.2, 0) is 16.4 Å². The number of carbonyl (C=O) groups is 1. The Bertz CT molecular complexity index is 1130. The third-order valence-corrected chi connectivity index (χ3v) is 5.88. The van der Waals surface area contributed by atoms with Crippen molar-refractivity contribution >= 4 is 21.6 Å². The quantitative estimate of drug-likeness (QED) is 0.567. The predicted molar refractivity (Wildman–Crippen MR) is 114 cm³/mol. The Kier molecular flexibility index (Phi) is 6.55. The van der Waals surface area contributed by atoms with Gasteiger partial charge in [-0.2, -0.15) is 4.39 Å². The van der Waals surface area contributed by atoms with Crippen molar-refractivity contribution in [3.63, 3.8) is 0 Å². The Morgan fingerprint density at radius 1 is 1.03 bits per heavy atom. The van der Waals surface area contributed by atoms with Gasteiger partial charge in [0.05, 0.1) is 9.79 Å². The molecule has 9 heteroatoms. The van der Waals surface area contributed by atoms with Crippen molar-refractivity contribution < 1.29 is 22.3 Å². The van der Waals surface area contributed by atoms with Crippen LogP contribution in [0.3, 0.4) is 0 Å². The SMILES string of the molecule is CC(C)(F)Oc1ccc(S(=O)(=O)c2ccc(NC(=O)NCc3cccnc3)cc2)cc1. The number of carbonyl (C=O) groups excluding carboxylic acids is 1. The van der Waals surface area contributed by atoms with Gasteiger partial charge < -0.3 is 15.4 Å². The standard InChI is InChI=1S/C22H22FN3O4S/c1-22(2,23)30-18-7-11-20(12-8-18)31(28,29)19-9-5-17(6-10-19)26-21(27)25-15-16-4-3-13-24-14-16/h3-14H,15H2,1-2H3,(H2,25,26,27). The van der Waals surface area contributed by atoms with Crippen LogP contribution >= 0.6 is 0 Å². The number of pyridine rings is 1. The van der Waals surface area contributed by atoms with Gasteiger partial charge in [0, 0.05) is 38.5 Å². The smallest absolute Gasteiger partial charge is 0.319 e. The minimum atomic E-state index is -3.78. The number of sulfone groups is 1. The van der Waals surface area contributed by atoms with E-state index in [1.165, 1.54) is 62.4 Å². The van der Waals surface area contributed by atoms with E-state index in [0.29, 0.717) is 12.2 Å². The molecular weight excluding hydrogens is 421 g/mol. The molecule has 1 heterocycles. The zero-order chi connectivity index (χ0) is 22.5. The zero-order valence-corrected chi connectivity index (χ0v) is 17.8. The van der Waals surface area contributed by atoms with E-state index in [0.717, 1.165) is 5.56 Å². The molecule has 0 saturated heterocycles. The van der Waals surface area contributed by atoms with E-state index in [-0.39, 0.29) is 15.5 Å². The molecule has 0 aliphatic carbocycles. The lowest BCUT2D eigenvalue weighted by atomic mass is 10.3. The van der Waals surface area contributed by atoms with Gasteiger partial charge in [-0.15, -0.1) is 0 Å². The summed E-state index contributed by atoms with van der Waals surface area (Å²) in [6, 6.07) is 14.5. The number of hydrogen-bond acceptors (Lipinski definition) is 5. The van der Waals surface area contributed by atoms with Gasteiger partial charge in [0.1, 0.15) is 5.75 Å². The summed E-state index contributed by atoms with van der Waals surface area (Å²) in [5.41, 5.74) is 1.29. The summed E-state index contributed by atoms with van der Waals surface area (Å²) in [4.78, 5) is 16.1. The third kappa shape index (κ3) is 6.26. The molecule has 0 fully saturated rings. The number of amides is 2. The molecule has 3 rings (SSSR count). The van der Waals surface area contributed by atoms with Crippen molar-refractivity contribution in [2.75, 3.05) is 5.32 Å². The molecule has 7 nitrogen and oxygen atoms in total. The van der Waals surface area contributed by atoms with Crippen molar-refractivity contribution in [1.29, 1.82) is 0 Å². The van der Waals surface area contributed by atoms with Gasteiger partial charge in [0.15, 0.2) is 0 Å². The largest absolute Gasteiger partial charge is 0.459 e. The number of ether oxygens (including phenoxy) is 1. The van der Waals surface area contributed by atoms with E-state index in [9.17, 15) is 17.6 Å². The monoisotopic (exact) mass is 443 g/mol. The first kappa shape index (κ1) is 22.2. The number of halogens is 1. The highest BCUT2D eigenvalue weighted by Gasteiger charge is 2.20. The molecule has 31 heavy (non-hydrogen) atoms. The van der Waals surface area contributed by atoms with E-state index < -0.39 is 21.7 Å². The van der Waals surface area contributed by atoms with Crippen molar-refractivity contribution in [1.82, 2.24) is 10.3 Å². The van der Waals surface area contributed by atoms with Gasteiger partial charge in [0.2, 0.25) is 15.7 Å². The fraction of sp³-hybridized carbons (Fsp3) is 0.182. The Morgan fingerprint density at radius 2 is 1.65 bits per heavy atom. The molecule has 0 radical (unpaired) electrons. The summed E-state index contributed by atoms with van der Waals surface area (Å²) < 4.78 is 44.2. The number of nitrogens with one attached hydrogen (secondary N) is 2. The lowest BCUT2D eigenvalue weighted by Crippen LogP contribution is -2.28. The molecule has 2 aromatic carbocycles. The van der Waals surface area contributed by atoms with E-state index in [1.807, 2.05) is 6.07 Å². The second kappa shape index (κ2) is 9.13. The van der Waals surface area contributed by atoms with Crippen LogP contribution in [0.4, 0.5) is 14.9 Å². The number of hydrogen-bond donors (Lipinski definition) is 2. The maximum absolute atomic E-state index is 13.6. The molecule has 3 aromatic rings. The molecule has 2 N–H and O–H groups in total. The highest BCUT2D eigenvalue weighted by atomic mass is 32.2. The van der Waals surface area contributed by atoms with E-state index in [2.05, 4.69) is 15.6 Å². The van der Waals surface area contributed by atoms with Gasteiger partial charge in [-0.3, -0.25) is 4.98 Å². The van der Waals surface area contributed by atoms with Crippen LogP contribution < -0.4 is 15.4 Å². The number of anilines is 1. The average molecular weight is 444 g/mol. The van der Waals surface area contributed by atoms with Gasteiger partial charge in [-0.1, -0.05) is 6.07 Å². The molecule has 1 aromatic heterocycles. The van der Waals surface area contributed by atoms with Crippen molar-refractivity contribution in [3.8, 4) is 5.75 Å². The summed E-state index contributed by atoms with van der Waals surface area (Å²) in [6.45, 7) is 2.82. The van der Waals surface area contributed by atoms with Gasteiger partial charge >= 0.3 is 6.03 Å². The van der Waals surface area contributed by atoms with Crippen LogP contribution in [0.25, 0.3) is 0 Å². The number of benzene rings is 2. The highest BCUT2D eigenvalue weighted by molar-refractivity contribution is 7.91. The minimum absolute atomic E-state index is 0.0476. The number of rotatable bonds is 7. The summed E-state index contributed by atoms with van der Waals surface area (Å²) in [7, 11) is -3.78. The van der Waals surface area contributed by atoms with Crippen LogP contribution in [0.5, 0.6) is 5.75 Å². The third-order valence-electron chi connectivity index (χ3n) is 4.09. The van der Waals surface area contributed by atoms with Crippen LogP contribution in [-0.4, -0.2) is 25.3 Å². The molecule has 0 unspecified atom stereocenters. The Hall–Kier alpha value is -3.46. The first-order valence-corrected chi connectivity index (χ1v) is 10.9. The lowest BCUT2D eigenvalue weighted by molar-refractivity contribution is -0.0257. The molecule has 162 valence electrons.